The van der Waals surface area contributed by atoms with E-state index in [2.05, 4.69) is 15.6 Å². The number of hydrogen-bond acceptors (Lipinski definition) is 6. The standard InChI is InChI=1S/C30H32FN5O4/c1-2-39-23-15-13-21(14-16-23)29(30(38)32-18-24-9-7-17-40-24)35(19-22-8-3-4-10-25(22)31)28(37)20-36-27-12-6-5-11-26(27)33-34-36/h3-6,8,10-16,24,29H,2,7,9,17-20H2,1H3,(H,32,38)/t24-,29-/m0/s1. The molecular formula is C30H32FN5O4. The van der Waals surface area contributed by atoms with Crippen LogP contribution in [0.2, 0.25) is 0 Å². The summed E-state index contributed by atoms with van der Waals surface area (Å²) < 4.78 is 27.6. The van der Waals surface area contributed by atoms with Gasteiger partial charge in [0.15, 0.2) is 0 Å². The van der Waals surface area contributed by atoms with Crippen molar-refractivity contribution in [1.82, 2.24) is 25.2 Å². The molecule has 10 heteroatoms. The Bertz CT molecular complexity index is 1450. The van der Waals surface area contributed by atoms with Crippen molar-refractivity contribution in [1.29, 1.82) is 0 Å². The molecule has 2 atom stereocenters. The molecule has 208 valence electrons. The number of amides is 2. The zero-order chi connectivity index (χ0) is 27.9. The lowest BCUT2D eigenvalue weighted by molar-refractivity contribution is -0.142. The van der Waals surface area contributed by atoms with E-state index in [4.69, 9.17) is 9.47 Å². The number of benzene rings is 3. The molecule has 1 N–H and O–H groups in total. The number of fused-ring (bicyclic) bond motifs is 1. The van der Waals surface area contributed by atoms with Gasteiger partial charge in [0.1, 0.15) is 29.7 Å². The molecule has 0 bridgehead atoms. The Hall–Kier alpha value is -4.31. The molecule has 1 fully saturated rings. The molecule has 0 unspecified atom stereocenters. The van der Waals surface area contributed by atoms with Gasteiger partial charge in [-0.25, -0.2) is 9.07 Å². The Balaban J connectivity index is 1.51. The van der Waals surface area contributed by atoms with Crippen LogP contribution < -0.4 is 10.1 Å². The minimum atomic E-state index is -1.04. The predicted molar refractivity (Wildman–Crippen MR) is 147 cm³/mol. The molecule has 1 aliphatic rings. The van der Waals surface area contributed by atoms with Gasteiger partial charge in [0.25, 0.3) is 0 Å². The van der Waals surface area contributed by atoms with Crippen molar-refractivity contribution in [2.75, 3.05) is 19.8 Å². The fourth-order valence-electron chi connectivity index (χ4n) is 4.89. The summed E-state index contributed by atoms with van der Waals surface area (Å²) in [5, 5.41) is 11.3. The fraction of sp³-hybridized carbons (Fsp3) is 0.333. The third kappa shape index (κ3) is 6.28. The Morgan fingerprint density at radius 3 is 2.65 bits per heavy atom. The predicted octanol–water partition coefficient (Wildman–Crippen LogP) is 4.03. The van der Waals surface area contributed by atoms with E-state index in [0.717, 1.165) is 12.8 Å². The van der Waals surface area contributed by atoms with Crippen LogP contribution in [-0.4, -0.2) is 57.6 Å². The molecule has 1 aromatic heterocycles. The SMILES string of the molecule is CCOc1ccc([C@@H](C(=O)NC[C@@H]2CCCO2)N(Cc2ccccc2F)C(=O)Cn2nnc3ccccc32)cc1. The molecule has 1 saturated heterocycles. The lowest BCUT2D eigenvalue weighted by atomic mass is 10.0. The van der Waals surface area contributed by atoms with E-state index < -0.39 is 17.8 Å². The number of para-hydroxylation sites is 1. The maximum atomic E-state index is 14.9. The molecule has 40 heavy (non-hydrogen) atoms. The summed E-state index contributed by atoms with van der Waals surface area (Å²) in [7, 11) is 0. The molecule has 0 radical (unpaired) electrons. The van der Waals surface area contributed by atoms with Gasteiger partial charge < -0.3 is 19.7 Å². The van der Waals surface area contributed by atoms with Crippen LogP contribution in [0, 0.1) is 5.82 Å². The number of carbonyl (C=O) groups excluding carboxylic acids is 2. The minimum Gasteiger partial charge on any atom is -0.494 e. The summed E-state index contributed by atoms with van der Waals surface area (Å²) in [5.41, 5.74) is 2.19. The zero-order valence-corrected chi connectivity index (χ0v) is 22.3. The number of carbonyl (C=O) groups is 2. The Morgan fingerprint density at radius 1 is 1.12 bits per heavy atom. The first-order valence-corrected chi connectivity index (χ1v) is 13.5. The lowest BCUT2D eigenvalue weighted by Gasteiger charge is -2.32. The summed E-state index contributed by atoms with van der Waals surface area (Å²) in [6.45, 7) is 3.06. The molecule has 0 aliphatic carbocycles. The second kappa shape index (κ2) is 12.7. The number of nitrogens with one attached hydrogen (secondary N) is 1. The van der Waals surface area contributed by atoms with Crippen LogP contribution in [0.3, 0.4) is 0 Å². The Morgan fingerprint density at radius 2 is 1.90 bits per heavy atom. The zero-order valence-electron chi connectivity index (χ0n) is 22.3. The molecule has 9 nitrogen and oxygen atoms in total. The monoisotopic (exact) mass is 545 g/mol. The van der Waals surface area contributed by atoms with E-state index in [0.29, 0.717) is 47.7 Å². The van der Waals surface area contributed by atoms with E-state index >= 15 is 0 Å². The first-order chi connectivity index (χ1) is 19.5. The van der Waals surface area contributed by atoms with Crippen LogP contribution in [0.15, 0.2) is 72.8 Å². The van der Waals surface area contributed by atoms with Crippen molar-refractivity contribution >= 4 is 22.8 Å². The average Bonchev–Trinajstić information content (AvgIpc) is 3.64. The maximum Gasteiger partial charge on any atom is 0.247 e. The highest BCUT2D eigenvalue weighted by Gasteiger charge is 2.33. The van der Waals surface area contributed by atoms with Crippen LogP contribution in [0.4, 0.5) is 4.39 Å². The van der Waals surface area contributed by atoms with E-state index in [1.54, 1.807) is 42.5 Å². The number of aromatic nitrogens is 3. The van der Waals surface area contributed by atoms with Crippen molar-refractivity contribution in [3.8, 4) is 5.75 Å². The maximum absolute atomic E-state index is 14.9. The van der Waals surface area contributed by atoms with Gasteiger partial charge in [-0.3, -0.25) is 9.59 Å². The van der Waals surface area contributed by atoms with Crippen LogP contribution in [0.5, 0.6) is 5.75 Å². The van der Waals surface area contributed by atoms with Gasteiger partial charge in [-0.1, -0.05) is 47.7 Å². The molecule has 3 aromatic carbocycles. The van der Waals surface area contributed by atoms with E-state index in [9.17, 15) is 14.0 Å². The highest BCUT2D eigenvalue weighted by atomic mass is 19.1. The van der Waals surface area contributed by atoms with Crippen molar-refractivity contribution < 1.29 is 23.5 Å². The largest absolute Gasteiger partial charge is 0.494 e. The number of nitrogens with zero attached hydrogens (tertiary/aromatic N) is 4. The second-order valence-corrected chi connectivity index (χ2v) is 9.63. The van der Waals surface area contributed by atoms with Gasteiger partial charge in [-0.05, 0) is 55.7 Å². The molecule has 5 rings (SSSR count). The highest BCUT2D eigenvalue weighted by Crippen LogP contribution is 2.27. The topological polar surface area (TPSA) is 98.6 Å². The summed E-state index contributed by atoms with van der Waals surface area (Å²) in [6, 6.07) is 19.5. The van der Waals surface area contributed by atoms with Gasteiger partial charge in [-0.15, -0.1) is 5.10 Å². The summed E-state index contributed by atoms with van der Waals surface area (Å²) >= 11 is 0. The third-order valence-corrected chi connectivity index (χ3v) is 6.92. The molecule has 0 spiro atoms. The number of rotatable bonds is 11. The van der Waals surface area contributed by atoms with Crippen LogP contribution >= 0.6 is 0 Å². The third-order valence-electron chi connectivity index (χ3n) is 6.92. The van der Waals surface area contributed by atoms with Gasteiger partial charge in [0, 0.05) is 25.3 Å². The van der Waals surface area contributed by atoms with Gasteiger partial charge in [0.05, 0.1) is 18.2 Å². The smallest absolute Gasteiger partial charge is 0.247 e. The van der Waals surface area contributed by atoms with Gasteiger partial charge >= 0.3 is 0 Å². The number of halogens is 1. The molecular weight excluding hydrogens is 513 g/mol. The second-order valence-electron chi connectivity index (χ2n) is 9.63. The number of ether oxygens (including phenoxy) is 2. The average molecular weight is 546 g/mol. The molecule has 2 amide bonds. The fourth-order valence-corrected chi connectivity index (χ4v) is 4.89. The van der Waals surface area contributed by atoms with Crippen LogP contribution in [0.1, 0.15) is 36.9 Å². The first-order valence-electron chi connectivity index (χ1n) is 13.5. The molecule has 4 aromatic rings. The number of hydrogen-bond donors (Lipinski definition) is 1. The van der Waals surface area contributed by atoms with Crippen LogP contribution in [-0.2, 0) is 27.4 Å². The Kier molecular flexibility index (Phi) is 8.65. The highest BCUT2D eigenvalue weighted by molar-refractivity contribution is 5.89. The van der Waals surface area contributed by atoms with Crippen LogP contribution in [0.25, 0.3) is 11.0 Å². The van der Waals surface area contributed by atoms with Crippen molar-refractivity contribution in [2.24, 2.45) is 0 Å². The van der Waals surface area contributed by atoms with E-state index in [-0.39, 0.29) is 25.1 Å². The normalized spacial score (nSPS) is 15.6. The van der Waals surface area contributed by atoms with Crippen molar-refractivity contribution in [2.45, 2.75) is 45.0 Å². The summed E-state index contributed by atoms with van der Waals surface area (Å²) in [4.78, 5) is 29.2. The summed E-state index contributed by atoms with van der Waals surface area (Å²) in [5.74, 6) is -0.611. The van der Waals surface area contributed by atoms with Gasteiger partial charge in [-0.2, -0.15) is 0 Å². The molecule has 2 heterocycles. The van der Waals surface area contributed by atoms with E-state index in [1.807, 2.05) is 31.2 Å². The minimum absolute atomic E-state index is 0.0813. The molecule has 0 saturated carbocycles. The molecule has 1 aliphatic heterocycles. The lowest BCUT2D eigenvalue weighted by Crippen LogP contribution is -2.46. The van der Waals surface area contributed by atoms with Crippen molar-refractivity contribution in [3.05, 3.63) is 89.7 Å². The van der Waals surface area contributed by atoms with E-state index in [1.165, 1.54) is 15.6 Å². The van der Waals surface area contributed by atoms with Crippen molar-refractivity contribution in [3.63, 3.8) is 0 Å². The first kappa shape index (κ1) is 27.3. The van der Waals surface area contributed by atoms with Gasteiger partial charge in [0.2, 0.25) is 11.8 Å². The summed E-state index contributed by atoms with van der Waals surface area (Å²) in [6.07, 6.45) is 1.71. The quantitative estimate of drug-likeness (QED) is 0.306. The Labute approximate surface area is 231 Å².